The summed E-state index contributed by atoms with van der Waals surface area (Å²) in [5.74, 6) is 0.328. The number of halogens is 3. The van der Waals surface area contributed by atoms with E-state index in [1.165, 1.54) is 16.7 Å². The topological polar surface area (TPSA) is 78.0 Å². The molecule has 0 radical (unpaired) electrons. The Morgan fingerprint density at radius 1 is 1.03 bits per heavy atom. The molecule has 0 unspecified atom stereocenters. The second-order valence-corrected chi connectivity index (χ2v) is 8.64. The van der Waals surface area contributed by atoms with Crippen LogP contribution in [0.15, 0.2) is 65.5 Å². The van der Waals surface area contributed by atoms with Gasteiger partial charge in [-0.15, -0.1) is 0 Å². The Balaban J connectivity index is 1.95. The first-order valence-electron chi connectivity index (χ1n) is 8.94. The molecule has 0 fully saturated rings. The van der Waals surface area contributed by atoms with Crippen molar-refractivity contribution < 1.29 is 4.92 Å². The minimum atomic E-state index is -0.462. The number of nitrogens with zero attached hydrogens (tertiary/aromatic N) is 3. The first-order valence-corrected chi connectivity index (χ1v) is 10.8. The van der Waals surface area contributed by atoms with E-state index in [1.54, 1.807) is 54.6 Å². The monoisotopic (exact) mass is 563 g/mol. The van der Waals surface area contributed by atoms with Crippen LogP contribution < -0.4 is 5.56 Å². The summed E-state index contributed by atoms with van der Waals surface area (Å²) < 4.78 is 2.31. The van der Waals surface area contributed by atoms with Gasteiger partial charge in [-0.2, -0.15) is 0 Å². The lowest BCUT2D eigenvalue weighted by Gasteiger charge is -2.13. The summed E-state index contributed by atoms with van der Waals surface area (Å²) in [5.41, 5.74) is 1.25. The second kappa shape index (κ2) is 8.78. The molecule has 154 valence electrons. The normalized spacial score (nSPS) is 11.3. The van der Waals surface area contributed by atoms with E-state index in [0.717, 1.165) is 3.57 Å². The van der Waals surface area contributed by atoms with Gasteiger partial charge in [-0.3, -0.25) is 19.5 Å². The Bertz CT molecular complexity index is 1430. The maximum atomic E-state index is 13.4. The number of hydrogen-bond acceptors (Lipinski definition) is 4. The highest BCUT2D eigenvalue weighted by molar-refractivity contribution is 14.1. The van der Waals surface area contributed by atoms with Crippen molar-refractivity contribution in [2.24, 2.45) is 0 Å². The highest BCUT2D eigenvalue weighted by Crippen LogP contribution is 2.26. The quantitative estimate of drug-likeness (QED) is 0.164. The molecule has 31 heavy (non-hydrogen) atoms. The molecule has 0 spiro atoms. The molecule has 0 aliphatic heterocycles. The van der Waals surface area contributed by atoms with Gasteiger partial charge >= 0.3 is 0 Å². The summed E-state index contributed by atoms with van der Waals surface area (Å²) in [7, 11) is 0. The van der Waals surface area contributed by atoms with Gasteiger partial charge in [0, 0.05) is 20.7 Å². The fourth-order valence-electron chi connectivity index (χ4n) is 3.09. The van der Waals surface area contributed by atoms with Crippen LogP contribution in [-0.4, -0.2) is 14.5 Å². The van der Waals surface area contributed by atoms with E-state index in [1.807, 2.05) is 6.07 Å². The van der Waals surface area contributed by atoms with Crippen LogP contribution in [-0.2, 0) is 0 Å². The summed E-state index contributed by atoms with van der Waals surface area (Å²) in [6.07, 6.45) is 3.29. The van der Waals surface area contributed by atoms with Gasteiger partial charge in [0.15, 0.2) is 0 Å². The maximum absolute atomic E-state index is 13.4. The zero-order valence-electron chi connectivity index (χ0n) is 15.6. The summed E-state index contributed by atoms with van der Waals surface area (Å²) in [6, 6.07) is 16.4. The van der Waals surface area contributed by atoms with Gasteiger partial charge < -0.3 is 0 Å². The van der Waals surface area contributed by atoms with Gasteiger partial charge in [-0.1, -0.05) is 41.4 Å². The summed E-state index contributed by atoms with van der Waals surface area (Å²) in [6.45, 7) is 0. The lowest BCUT2D eigenvalue weighted by molar-refractivity contribution is -0.384. The molecule has 0 amide bonds. The molecule has 4 rings (SSSR count). The molecule has 1 aromatic heterocycles. The molecule has 6 nitrogen and oxygen atoms in total. The highest BCUT2D eigenvalue weighted by atomic mass is 127. The van der Waals surface area contributed by atoms with E-state index in [2.05, 4.69) is 27.6 Å². The maximum Gasteiger partial charge on any atom is 0.270 e. The number of nitro benzene ring substituents is 1. The average molecular weight is 564 g/mol. The molecular formula is C22H12Cl2IN3O3. The first kappa shape index (κ1) is 21.5. The Morgan fingerprint density at radius 3 is 2.58 bits per heavy atom. The van der Waals surface area contributed by atoms with Crippen LogP contribution >= 0.6 is 45.8 Å². The van der Waals surface area contributed by atoms with E-state index < -0.39 is 4.92 Å². The van der Waals surface area contributed by atoms with Crippen molar-refractivity contribution in [3.05, 3.63) is 106 Å². The van der Waals surface area contributed by atoms with E-state index >= 15 is 0 Å². The highest BCUT2D eigenvalue weighted by Gasteiger charge is 2.14. The number of hydrogen-bond donors (Lipinski definition) is 0. The SMILES string of the molecule is O=c1c2cc(I)ccc2nc(C=Cc2cccc([N+](=O)[O-])c2)n1-c1ccc(Cl)cc1Cl. The second-order valence-electron chi connectivity index (χ2n) is 6.55. The third-order valence-corrected chi connectivity index (χ3v) is 5.72. The first-order chi connectivity index (χ1) is 14.8. The smallest absolute Gasteiger partial charge is 0.268 e. The van der Waals surface area contributed by atoms with Crippen LogP contribution in [0.4, 0.5) is 5.69 Å². The van der Waals surface area contributed by atoms with Crippen molar-refractivity contribution >= 4 is 74.5 Å². The molecule has 9 heteroatoms. The number of non-ortho nitro benzene ring substituents is 1. The average Bonchev–Trinajstić information content (AvgIpc) is 2.74. The summed E-state index contributed by atoms with van der Waals surface area (Å²) >= 11 is 14.5. The van der Waals surface area contributed by atoms with E-state index in [9.17, 15) is 14.9 Å². The van der Waals surface area contributed by atoms with Crippen molar-refractivity contribution in [2.45, 2.75) is 0 Å². The molecule has 0 saturated heterocycles. The van der Waals surface area contributed by atoms with Crippen molar-refractivity contribution in [2.75, 3.05) is 0 Å². The van der Waals surface area contributed by atoms with Crippen molar-refractivity contribution in [3.63, 3.8) is 0 Å². The number of aromatic nitrogens is 2. The van der Waals surface area contributed by atoms with Crippen LogP contribution in [0.3, 0.4) is 0 Å². The lowest BCUT2D eigenvalue weighted by atomic mass is 10.2. The molecule has 0 saturated carbocycles. The molecular weight excluding hydrogens is 552 g/mol. The number of rotatable bonds is 4. The van der Waals surface area contributed by atoms with Gasteiger partial charge in [0.05, 0.1) is 26.5 Å². The minimum Gasteiger partial charge on any atom is -0.268 e. The van der Waals surface area contributed by atoms with Gasteiger partial charge in [0.2, 0.25) is 0 Å². The fraction of sp³-hybridized carbons (Fsp3) is 0. The molecule has 3 aromatic carbocycles. The number of benzene rings is 3. The molecule has 0 N–H and O–H groups in total. The lowest BCUT2D eigenvalue weighted by Crippen LogP contribution is -2.22. The minimum absolute atomic E-state index is 0.0265. The van der Waals surface area contributed by atoms with E-state index in [4.69, 9.17) is 23.2 Å². The van der Waals surface area contributed by atoms with Gasteiger partial charge in [0.25, 0.3) is 11.2 Å². The van der Waals surface area contributed by atoms with Crippen LogP contribution in [0.2, 0.25) is 10.0 Å². The van der Waals surface area contributed by atoms with Gasteiger partial charge in [-0.25, -0.2) is 4.98 Å². The molecule has 1 heterocycles. The molecule has 0 aliphatic carbocycles. The van der Waals surface area contributed by atoms with Crippen molar-refractivity contribution in [1.29, 1.82) is 0 Å². The van der Waals surface area contributed by atoms with Crippen molar-refractivity contribution in [3.8, 4) is 5.69 Å². The zero-order valence-corrected chi connectivity index (χ0v) is 19.3. The van der Waals surface area contributed by atoms with E-state index in [0.29, 0.717) is 38.0 Å². The third kappa shape index (κ3) is 4.48. The van der Waals surface area contributed by atoms with Gasteiger partial charge in [-0.05, 0) is 70.6 Å². The Kier molecular flexibility index (Phi) is 6.08. The summed E-state index contributed by atoms with van der Waals surface area (Å²) in [4.78, 5) is 28.6. The Hall–Kier alpha value is -2.75. The molecule has 0 atom stereocenters. The predicted molar refractivity (Wildman–Crippen MR) is 132 cm³/mol. The van der Waals surface area contributed by atoms with Crippen LogP contribution in [0, 0.1) is 13.7 Å². The molecule has 4 aromatic rings. The molecule has 0 bridgehead atoms. The third-order valence-electron chi connectivity index (χ3n) is 4.51. The van der Waals surface area contributed by atoms with Crippen LogP contribution in [0.25, 0.3) is 28.7 Å². The zero-order chi connectivity index (χ0) is 22.1. The standard InChI is InChI=1S/C22H12Cl2IN3O3/c23-14-5-8-20(18(24)11-14)27-21(9-4-13-2-1-3-16(10-13)28(30)31)26-19-7-6-15(25)12-17(19)22(27)29/h1-12H. The summed E-state index contributed by atoms with van der Waals surface area (Å²) in [5, 5.41) is 12.2. The van der Waals surface area contributed by atoms with E-state index in [-0.39, 0.29) is 11.2 Å². The predicted octanol–water partition coefficient (Wildman–Crippen LogP) is 6.38. The van der Waals surface area contributed by atoms with Crippen LogP contribution in [0.5, 0.6) is 0 Å². The number of fused-ring (bicyclic) bond motifs is 1. The Morgan fingerprint density at radius 2 is 1.84 bits per heavy atom. The van der Waals surface area contributed by atoms with Gasteiger partial charge in [0.1, 0.15) is 5.82 Å². The largest absolute Gasteiger partial charge is 0.270 e. The van der Waals surface area contributed by atoms with Crippen LogP contribution in [0.1, 0.15) is 11.4 Å². The van der Waals surface area contributed by atoms with Crippen molar-refractivity contribution in [1.82, 2.24) is 9.55 Å². The molecule has 0 aliphatic rings. The number of nitro groups is 1. The fourth-order valence-corrected chi connectivity index (χ4v) is 4.08. The Labute approximate surface area is 200 Å².